The molecule has 0 spiro atoms. The van der Waals surface area contributed by atoms with Crippen LogP contribution in [0, 0.1) is 20.8 Å². The van der Waals surface area contributed by atoms with Gasteiger partial charge in [0.15, 0.2) is 6.20 Å². The highest BCUT2D eigenvalue weighted by atomic mass is 14.9. The van der Waals surface area contributed by atoms with E-state index in [1.807, 2.05) is 13.1 Å². The van der Waals surface area contributed by atoms with Crippen LogP contribution < -0.4 is 4.57 Å². The average Bonchev–Trinajstić information content (AvgIpc) is 2.22. The lowest BCUT2D eigenvalue weighted by Gasteiger charge is -2.05. The second-order valence-corrected chi connectivity index (χ2v) is 4.34. The van der Waals surface area contributed by atoms with Gasteiger partial charge < -0.3 is 0 Å². The summed E-state index contributed by atoms with van der Waals surface area (Å²) in [5.41, 5.74) is 6.03. The second-order valence-electron chi connectivity index (χ2n) is 4.34. The molecule has 0 bridgehead atoms. The first kappa shape index (κ1) is 10.8. The molecular weight excluding hydrogens is 196 g/mol. The van der Waals surface area contributed by atoms with Gasteiger partial charge in [-0.3, -0.25) is 4.98 Å². The first-order chi connectivity index (χ1) is 7.58. The van der Waals surface area contributed by atoms with Crippen molar-refractivity contribution in [3.63, 3.8) is 0 Å². The summed E-state index contributed by atoms with van der Waals surface area (Å²) < 4.78 is 2.13. The zero-order valence-corrected chi connectivity index (χ0v) is 10.3. The Hall–Kier alpha value is -1.70. The van der Waals surface area contributed by atoms with Crippen LogP contribution in [0.1, 0.15) is 16.8 Å². The van der Waals surface area contributed by atoms with E-state index in [4.69, 9.17) is 0 Å². The van der Waals surface area contributed by atoms with E-state index in [0.717, 1.165) is 5.69 Å². The number of nitrogens with zero attached hydrogens (tertiary/aromatic N) is 2. The molecule has 82 valence electrons. The summed E-state index contributed by atoms with van der Waals surface area (Å²) in [6, 6.07) is 6.43. The number of hydrogen-bond acceptors (Lipinski definition) is 1. The molecule has 0 aliphatic heterocycles. The smallest absolute Gasteiger partial charge is 0.214 e. The molecule has 2 heteroatoms. The van der Waals surface area contributed by atoms with E-state index in [2.05, 4.69) is 54.8 Å². The van der Waals surface area contributed by atoms with Gasteiger partial charge >= 0.3 is 0 Å². The summed E-state index contributed by atoms with van der Waals surface area (Å²) in [6.07, 6.45) is 4.05. The normalized spacial score (nSPS) is 10.5. The van der Waals surface area contributed by atoms with Crippen molar-refractivity contribution < 1.29 is 4.57 Å². The standard InChI is InChI=1S/C14H17N2/c1-10-5-6-16(4)14(7-10)13-9-15-12(3)8-11(13)2/h5-9H,1-4H3/q+1. The van der Waals surface area contributed by atoms with E-state index in [-0.39, 0.29) is 0 Å². The molecule has 2 rings (SSSR count). The molecule has 0 N–H and O–H groups in total. The van der Waals surface area contributed by atoms with Gasteiger partial charge in [-0.2, -0.15) is 0 Å². The molecule has 0 aliphatic carbocycles. The van der Waals surface area contributed by atoms with Gasteiger partial charge in [-0.1, -0.05) is 0 Å². The molecule has 0 saturated carbocycles. The lowest BCUT2D eigenvalue weighted by molar-refractivity contribution is -0.660. The highest BCUT2D eigenvalue weighted by Crippen LogP contribution is 2.20. The molecule has 0 radical (unpaired) electrons. The lowest BCUT2D eigenvalue weighted by Crippen LogP contribution is -2.30. The van der Waals surface area contributed by atoms with Gasteiger partial charge in [-0.15, -0.1) is 0 Å². The maximum Gasteiger partial charge on any atom is 0.214 e. The van der Waals surface area contributed by atoms with Crippen molar-refractivity contribution in [2.45, 2.75) is 20.8 Å². The Labute approximate surface area is 96.6 Å². The third-order valence-corrected chi connectivity index (χ3v) is 2.83. The van der Waals surface area contributed by atoms with Crippen molar-refractivity contribution in [1.82, 2.24) is 4.98 Å². The van der Waals surface area contributed by atoms with Crippen LogP contribution in [0.25, 0.3) is 11.3 Å². The summed E-state index contributed by atoms with van der Waals surface area (Å²) in [4.78, 5) is 4.37. The number of pyridine rings is 2. The molecular formula is C14H17N2+. The number of aromatic nitrogens is 2. The Balaban J connectivity index is 2.62. The molecule has 2 aromatic rings. The molecule has 2 aromatic heterocycles. The van der Waals surface area contributed by atoms with Gasteiger partial charge in [0.2, 0.25) is 5.69 Å². The molecule has 16 heavy (non-hydrogen) atoms. The van der Waals surface area contributed by atoms with Gasteiger partial charge in [0, 0.05) is 24.0 Å². The highest BCUT2D eigenvalue weighted by molar-refractivity contribution is 5.60. The largest absolute Gasteiger partial charge is 0.261 e. The molecule has 0 atom stereocenters. The third kappa shape index (κ3) is 1.96. The maximum atomic E-state index is 4.37. The SMILES string of the molecule is Cc1cc[n+](C)c(-c2cnc(C)cc2C)c1. The summed E-state index contributed by atoms with van der Waals surface area (Å²) in [6.45, 7) is 6.26. The van der Waals surface area contributed by atoms with Gasteiger partial charge in [0.05, 0.1) is 5.56 Å². The fourth-order valence-corrected chi connectivity index (χ4v) is 1.91. The molecule has 0 aliphatic rings. The van der Waals surface area contributed by atoms with Crippen molar-refractivity contribution >= 4 is 0 Å². The molecule has 0 aromatic carbocycles. The fraction of sp³-hybridized carbons (Fsp3) is 0.286. The van der Waals surface area contributed by atoms with Crippen molar-refractivity contribution in [3.05, 3.63) is 47.4 Å². The molecule has 0 amide bonds. The van der Waals surface area contributed by atoms with Gasteiger partial charge in [-0.05, 0) is 38.0 Å². The molecule has 2 heterocycles. The minimum Gasteiger partial charge on any atom is -0.261 e. The minimum atomic E-state index is 1.07. The summed E-state index contributed by atoms with van der Waals surface area (Å²) in [5, 5.41) is 0. The van der Waals surface area contributed by atoms with Crippen LogP contribution in [0.4, 0.5) is 0 Å². The Morgan fingerprint density at radius 1 is 1.12 bits per heavy atom. The fourth-order valence-electron chi connectivity index (χ4n) is 1.91. The van der Waals surface area contributed by atoms with Crippen LogP contribution in [-0.4, -0.2) is 4.98 Å². The Morgan fingerprint density at radius 2 is 1.88 bits per heavy atom. The third-order valence-electron chi connectivity index (χ3n) is 2.83. The first-order valence-electron chi connectivity index (χ1n) is 5.48. The van der Waals surface area contributed by atoms with Crippen molar-refractivity contribution in [3.8, 4) is 11.3 Å². The zero-order chi connectivity index (χ0) is 11.7. The zero-order valence-electron chi connectivity index (χ0n) is 10.3. The number of rotatable bonds is 1. The van der Waals surface area contributed by atoms with Crippen LogP contribution in [0.2, 0.25) is 0 Å². The maximum absolute atomic E-state index is 4.37. The van der Waals surface area contributed by atoms with E-state index in [1.165, 1.54) is 22.4 Å². The lowest BCUT2D eigenvalue weighted by atomic mass is 10.1. The van der Waals surface area contributed by atoms with Gasteiger partial charge in [0.1, 0.15) is 7.05 Å². The van der Waals surface area contributed by atoms with Crippen LogP contribution in [0.5, 0.6) is 0 Å². The van der Waals surface area contributed by atoms with E-state index in [0.29, 0.717) is 0 Å². The highest BCUT2D eigenvalue weighted by Gasteiger charge is 2.12. The van der Waals surface area contributed by atoms with Crippen molar-refractivity contribution in [1.29, 1.82) is 0 Å². The second kappa shape index (κ2) is 4.05. The summed E-state index contributed by atoms with van der Waals surface area (Å²) >= 11 is 0. The Bertz CT molecular complexity index is 530. The summed E-state index contributed by atoms with van der Waals surface area (Å²) in [5.74, 6) is 0. The van der Waals surface area contributed by atoms with Crippen LogP contribution in [0.15, 0.2) is 30.6 Å². The van der Waals surface area contributed by atoms with E-state index >= 15 is 0 Å². The van der Waals surface area contributed by atoms with Gasteiger partial charge in [0.25, 0.3) is 0 Å². The van der Waals surface area contributed by atoms with Crippen LogP contribution >= 0.6 is 0 Å². The molecule has 0 fully saturated rings. The van der Waals surface area contributed by atoms with E-state index in [1.54, 1.807) is 0 Å². The number of aryl methyl sites for hydroxylation is 4. The van der Waals surface area contributed by atoms with Crippen LogP contribution in [-0.2, 0) is 7.05 Å². The first-order valence-corrected chi connectivity index (χ1v) is 5.48. The Morgan fingerprint density at radius 3 is 2.56 bits per heavy atom. The monoisotopic (exact) mass is 213 g/mol. The predicted octanol–water partition coefficient (Wildman–Crippen LogP) is 2.50. The quantitative estimate of drug-likeness (QED) is 0.665. The number of hydrogen-bond donors (Lipinski definition) is 0. The van der Waals surface area contributed by atoms with E-state index in [9.17, 15) is 0 Å². The topological polar surface area (TPSA) is 16.8 Å². The van der Waals surface area contributed by atoms with Crippen molar-refractivity contribution in [2.24, 2.45) is 7.05 Å². The molecule has 2 nitrogen and oxygen atoms in total. The average molecular weight is 213 g/mol. The van der Waals surface area contributed by atoms with Crippen LogP contribution in [0.3, 0.4) is 0 Å². The Kier molecular flexibility index (Phi) is 2.73. The molecule has 0 unspecified atom stereocenters. The summed E-state index contributed by atoms with van der Waals surface area (Å²) in [7, 11) is 2.06. The van der Waals surface area contributed by atoms with Crippen molar-refractivity contribution in [2.75, 3.05) is 0 Å². The van der Waals surface area contributed by atoms with Gasteiger partial charge in [-0.25, -0.2) is 4.57 Å². The minimum absolute atomic E-state index is 1.07. The predicted molar refractivity (Wildman–Crippen MR) is 65.1 cm³/mol. The van der Waals surface area contributed by atoms with E-state index < -0.39 is 0 Å². The molecule has 0 saturated heterocycles.